The number of para-hydroxylation sites is 4. The van der Waals surface area contributed by atoms with Gasteiger partial charge < -0.3 is 18.0 Å². The van der Waals surface area contributed by atoms with Crippen molar-refractivity contribution in [2.24, 2.45) is 0 Å². The summed E-state index contributed by atoms with van der Waals surface area (Å²) in [6, 6.07) is 66.1. The van der Waals surface area contributed by atoms with Crippen LogP contribution in [0.2, 0.25) is 0 Å². The van der Waals surface area contributed by atoms with Crippen molar-refractivity contribution in [1.29, 1.82) is 0 Å². The van der Waals surface area contributed by atoms with E-state index in [0.29, 0.717) is 0 Å². The minimum Gasteiger partial charge on any atom is -0.454 e. The molecular formula is C56H30N2O2S. The van der Waals surface area contributed by atoms with Crippen LogP contribution in [0.1, 0.15) is 0 Å². The van der Waals surface area contributed by atoms with Gasteiger partial charge in [0, 0.05) is 53.9 Å². The normalized spacial score (nSPS) is 12.6. The molecule has 15 rings (SSSR count). The van der Waals surface area contributed by atoms with Crippen LogP contribution in [0.4, 0.5) is 0 Å². The van der Waals surface area contributed by atoms with Gasteiger partial charge in [-0.3, -0.25) is 0 Å². The van der Waals surface area contributed by atoms with E-state index in [9.17, 15) is 0 Å². The van der Waals surface area contributed by atoms with Crippen molar-refractivity contribution in [2.75, 3.05) is 0 Å². The third-order valence-corrected chi connectivity index (χ3v) is 14.5. The third-order valence-electron chi connectivity index (χ3n) is 13.3. The Bertz CT molecular complexity index is 4140. The molecule has 0 spiro atoms. The monoisotopic (exact) mass is 794 g/mol. The number of hydrogen-bond donors (Lipinski definition) is 0. The summed E-state index contributed by atoms with van der Waals surface area (Å²) in [7, 11) is 0. The molecule has 0 bridgehead atoms. The van der Waals surface area contributed by atoms with Crippen LogP contribution in [-0.4, -0.2) is 9.13 Å². The van der Waals surface area contributed by atoms with Crippen molar-refractivity contribution < 1.29 is 8.83 Å². The quantitative estimate of drug-likeness (QED) is 0.175. The van der Waals surface area contributed by atoms with E-state index in [4.69, 9.17) is 8.83 Å². The first-order valence-electron chi connectivity index (χ1n) is 20.8. The molecular weight excluding hydrogens is 765 g/mol. The molecule has 0 N–H and O–H groups in total. The zero-order chi connectivity index (χ0) is 39.5. The molecule has 5 heterocycles. The van der Waals surface area contributed by atoms with E-state index in [1.165, 1.54) is 63.3 Å². The molecule has 5 heteroatoms. The summed E-state index contributed by atoms with van der Waals surface area (Å²) >= 11 is 1.89. The predicted molar refractivity (Wildman–Crippen MR) is 258 cm³/mol. The van der Waals surface area contributed by atoms with Gasteiger partial charge in [-0.15, -0.1) is 11.3 Å². The van der Waals surface area contributed by atoms with Crippen molar-refractivity contribution in [1.82, 2.24) is 9.13 Å². The molecule has 0 aliphatic carbocycles. The Morgan fingerprint density at radius 3 is 1.18 bits per heavy atom. The molecule has 0 amide bonds. The number of hydrogen-bond acceptors (Lipinski definition) is 3. The number of rotatable bonds is 2. The smallest absolute Gasteiger partial charge is 0.160 e. The average Bonchev–Trinajstić information content (AvgIpc) is 4.13. The molecule has 0 radical (unpaired) electrons. The molecule has 0 aliphatic heterocycles. The summed E-state index contributed by atoms with van der Waals surface area (Å²) < 4.78 is 21.1. The summed E-state index contributed by atoms with van der Waals surface area (Å²) in [5, 5.41) is 16.7. The molecule has 0 atom stereocenters. The maximum Gasteiger partial charge on any atom is 0.160 e. The number of benzene rings is 10. The molecule has 61 heavy (non-hydrogen) atoms. The van der Waals surface area contributed by atoms with Crippen LogP contribution in [0, 0.1) is 0 Å². The van der Waals surface area contributed by atoms with Crippen molar-refractivity contribution >= 4 is 141 Å². The van der Waals surface area contributed by atoms with E-state index in [1.807, 2.05) is 11.3 Å². The summed E-state index contributed by atoms with van der Waals surface area (Å²) in [6.45, 7) is 0. The fraction of sp³-hybridized carbons (Fsp3) is 0. The van der Waals surface area contributed by atoms with Crippen LogP contribution in [0.5, 0.6) is 0 Å². The second-order valence-electron chi connectivity index (χ2n) is 16.3. The summed E-state index contributed by atoms with van der Waals surface area (Å²) in [4.78, 5) is 0. The minimum atomic E-state index is 0.896. The van der Waals surface area contributed by atoms with Crippen LogP contribution in [0.25, 0.3) is 141 Å². The van der Waals surface area contributed by atoms with Gasteiger partial charge in [0.1, 0.15) is 11.2 Å². The lowest BCUT2D eigenvalue weighted by Gasteiger charge is -2.13. The predicted octanol–water partition coefficient (Wildman–Crippen LogP) is 16.4. The van der Waals surface area contributed by atoms with E-state index >= 15 is 0 Å². The molecule has 0 unspecified atom stereocenters. The molecule has 0 aliphatic rings. The number of aromatic nitrogens is 2. The van der Waals surface area contributed by atoms with Gasteiger partial charge >= 0.3 is 0 Å². The van der Waals surface area contributed by atoms with Crippen molar-refractivity contribution in [3.05, 3.63) is 182 Å². The third kappa shape index (κ3) is 4.04. The standard InChI is InChI=1S/C56H30N2O2S/c1-3-15-33-31(13-1)29-45(57-43-21-9-5-17-35(43)39-25-27-41-37-19-7-11-23-47(37)59-53(41)51(39)57)55-49(33)50-34-16-4-2-14-32(34)30-46(56(50)61-55)58-44-22-10-6-18-36(44)40-26-28-42-38-20-8-12-24-48(38)60-54(42)52(40)58/h1-30H. The highest BCUT2D eigenvalue weighted by molar-refractivity contribution is 7.27. The lowest BCUT2D eigenvalue weighted by atomic mass is 9.98. The highest BCUT2D eigenvalue weighted by atomic mass is 32.1. The average molecular weight is 795 g/mol. The Labute approximate surface area is 350 Å². The SMILES string of the molecule is c1ccc2c(c1)cc(-n1c3ccccc3c3ccc4c5ccccc5oc4c31)c1sc3c(-n4c5ccccc5c5ccc6c7ccccc7oc6c54)cc4ccccc4c3c12. The van der Waals surface area contributed by atoms with Gasteiger partial charge in [-0.2, -0.15) is 0 Å². The second-order valence-corrected chi connectivity index (χ2v) is 17.3. The van der Waals surface area contributed by atoms with Crippen molar-refractivity contribution in [3.8, 4) is 11.4 Å². The lowest BCUT2D eigenvalue weighted by molar-refractivity contribution is 0.671. The van der Waals surface area contributed by atoms with Gasteiger partial charge in [0.15, 0.2) is 11.2 Å². The van der Waals surface area contributed by atoms with Crippen LogP contribution < -0.4 is 0 Å². The van der Waals surface area contributed by atoms with E-state index in [0.717, 1.165) is 77.3 Å². The molecule has 0 saturated carbocycles. The lowest BCUT2D eigenvalue weighted by Crippen LogP contribution is -1.95. The number of thiophene rings is 1. The van der Waals surface area contributed by atoms with Gasteiger partial charge in [-0.25, -0.2) is 0 Å². The molecule has 10 aromatic carbocycles. The van der Waals surface area contributed by atoms with Crippen LogP contribution in [0.3, 0.4) is 0 Å². The van der Waals surface area contributed by atoms with E-state index in [1.54, 1.807) is 0 Å². The van der Waals surface area contributed by atoms with Gasteiger partial charge in [0.25, 0.3) is 0 Å². The highest BCUT2D eigenvalue weighted by Crippen LogP contribution is 2.51. The Balaban J connectivity index is 1.17. The summed E-state index contributed by atoms with van der Waals surface area (Å²) in [6.07, 6.45) is 0. The first kappa shape index (κ1) is 32.0. The second kappa shape index (κ2) is 11.4. The first-order valence-corrected chi connectivity index (χ1v) is 21.6. The van der Waals surface area contributed by atoms with Gasteiger partial charge in [-0.05, 0) is 70.1 Å². The van der Waals surface area contributed by atoms with Gasteiger partial charge in [0.2, 0.25) is 0 Å². The van der Waals surface area contributed by atoms with Crippen LogP contribution in [0.15, 0.2) is 191 Å². The van der Waals surface area contributed by atoms with E-state index in [2.05, 4.69) is 191 Å². The van der Waals surface area contributed by atoms with E-state index in [-0.39, 0.29) is 0 Å². The summed E-state index contributed by atoms with van der Waals surface area (Å²) in [5.41, 5.74) is 10.4. The highest BCUT2D eigenvalue weighted by Gasteiger charge is 2.26. The van der Waals surface area contributed by atoms with Gasteiger partial charge in [0.05, 0.1) is 42.8 Å². The summed E-state index contributed by atoms with van der Waals surface area (Å²) in [5.74, 6) is 0. The molecule has 0 fully saturated rings. The topological polar surface area (TPSA) is 36.1 Å². The van der Waals surface area contributed by atoms with Crippen LogP contribution in [-0.2, 0) is 0 Å². The first-order chi connectivity index (χ1) is 30.3. The number of fused-ring (bicyclic) bond motifs is 21. The number of nitrogens with zero attached hydrogens (tertiary/aromatic N) is 2. The molecule has 15 aromatic rings. The molecule has 282 valence electrons. The maximum absolute atomic E-state index is 6.85. The van der Waals surface area contributed by atoms with Crippen molar-refractivity contribution in [2.45, 2.75) is 0 Å². The minimum absolute atomic E-state index is 0.896. The molecule has 0 saturated heterocycles. The molecule has 4 nitrogen and oxygen atoms in total. The Morgan fingerprint density at radius 2 is 0.705 bits per heavy atom. The fourth-order valence-electron chi connectivity index (χ4n) is 10.7. The zero-order valence-electron chi connectivity index (χ0n) is 32.4. The zero-order valence-corrected chi connectivity index (χ0v) is 33.3. The fourth-order valence-corrected chi connectivity index (χ4v) is 12.1. The Kier molecular flexibility index (Phi) is 6.01. The van der Waals surface area contributed by atoms with Crippen molar-refractivity contribution in [3.63, 3.8) is 0 Å². The van der Waals surface area contributed by atoms with Gasteiger partial charge in [-0.1, -0.05) is 133 Å². The van der Waals surface area contributed by atoms with Crippen LogP contribution >= 0.6 is 11.3 Å². The number of furan rings is 2. The molecule has 5 aromatic heterocycles. The Morgan fingerprint density at radius 1 is 0.328 bits per heavy atom. The largest absolute Gasteiger partial charge is 0.454 e. The Hall–Kier alpha value is -7.86. The maximum atomic E-state index is 6.85. The van der Waals surface area contributed by atoms with E-state index < -0.39 is 0 Å².